The lowest BCUT2D eigenvalue weighted by Crippen LogP contribution is -2.38. The summed E-state index contributed by atoms with van der Waals surface area (Å²) in [7, 11) is 0. The van der Waals surface area contributed by atoms with Crippen LogP contribution in [-0.4, -0.2) is 11.6 Å². The molecule has 1 aliphatic heterocycles. The van der Waals surface area contributed by atoms with Crippen LogP contribution in [0.1, 0.15) is 69.7 Å². The molecule has 3 rings (SSSR count). The number of piperidine rings is 1. The van der Waals surface area contributed by atoms with Gasteiger partial charge in [0.2, 0.25) is 0 Å². The minimum absolute atomic E-state index is 0.435. The van der Waals surface area contributed by atoms with Gasteiger partial charge >= 0.3 is 0 Å². The molecule has 25 heavy (non-hydrogen) atoms. The van der Waals surface area contributed by atoms with E-state index < -0.39 is 0 Å². The second-order valence-electron chi connectivity index (χ2n) is 5.81. The molecule has 2 nitrogen and oxygen atoms in total. The van der Waals surface area contributed by atoms with Gasteiger partial charge < -0.3 is 0 Å². The van der Waals surface area contributed by atoms with Gasteiger partial charge in [0.1, 0.15) is 0 Å². The van der Waals surface area contributed by atoms with Gasteiger partial charge in [0.05, 0.1) is 0 Å². The smallest absolute Gasteiger partial charge is 0.0490 e. The Kier molecular flexibility index (Phi) is 13.7. The molecule has 1 fully saturated rings. The Balaban J connectivity index is 0.000000441. The SMILES string of the molecule is CC.CC.Cc1ccc(C2CCCCN2N)cc1.Cc1ccccc1. The monoisotopic (exact) mass is 342 g/mol. The lowest BCUT2D eigenvalue weighted by atomic mass is 9.96. The Labute approximate surface area is 156 Å². The predicted molar refractivity (Wildman–Crippen MR) is 113 cm³/mol. The van der Waals surface area contributed by atoms with Crippen molar-refractivity contribution < 1.29 is 0 Å². The summed E-state index contributed by atoms with van der Waals surface area (Å²) in [4.78, 5) is 0. The molecular formula is C23H38N2. The highest BCUT2D eigenvalue weighted by Gasteiger charge is 2.20. The van der Waals surface area contributed by atoms with Crippen molar-refractivity contribution in [3.63, 3.8) is 0 Å². The average Bonchev–Trinajstić information content (AvgIpc) is 2.67. The van der Waals surface area contributed by atoms with Gasteiger partial charge in [-0.1, -0.05) is 99.8 Å². The lowest BCUT2D eigenvalue weighted by Gasteiger charge is -2.32. The van der Waals surface area contributed by atoms with Crippen LogP contribution in [0.4, 0.5) is 0 Å². The van der Waals surface area contributed by atoms with Crippen LogP contribution in [0.25, 0.3) is 0 Å². The van der Waals surface area contributed by atoms with Crippen LogP contribution in [-0.2, 0) is 0 Å². The Morgan fingerprint density at radius 1 is 0.760 bits per heavy atom. The molecule has 2 aromatic rings. The molecule has 1 aliphatic rings. The number of hydrazine groups is 1. The molecule has 2 N–H and O–H groups in total. The van der Waals surface area contributed by atoms with Crippen LogP contribution in [0.2, 0.25) is 0 Å². The van der Waals surface area contributed by atoms with Crippen LogP contribution >= 0.6 is 0 Å². The summed E-state index contributed by atoms with van der Waals surface area (Å²) in [6, 6.07) is 19.4. The van der Waals surface area contributed by atoms with Gasteiger partial charge in [-0.3, -0.25) is 5.84 Å². The van der Waals surface area contributed by atoms with Crippen molar-refractivity contribution in [1.82, 2.24) is 5.01 Å². The molecule has 0 amide bonds. The molecule has 1 unspecified atom stereocenters. The Bertz CT molecular complexity index is 520. The normalized spacial score (nSPS) is 16.2. The molecular weight excluding hydrogens is 304 g/mol. The minimum Gasteiger partial charge on any atom is -0.268 e. The highest BCUT2D eigenvalue weighted by molar-refractivity contribution is 5.24. The molecule has 2 heteroatoms. The van der Waals surface area contributed by atoms with Crippen LogP contribution in [0.3, 0.4) is 0 Å². The molecule has 1 atom stereocenters. The average molecular weight is 343 g/mol. The highest BCUT2D eigenvalue weighted by atomic mass is 15.4. The number of hydrogen-bond acceptors (Lipinski definition) is 2. The predicted octanol–water partition coefficient (Wildman–Crippen LogP) is 6.44. The quantitative estimate of drug-likeness (QED) is 0.604. The van der Waals surface area contributed by atoms with E-state index in [1.54, 1.807) is 0 Å². The summed E-state index contributed by atoms with van der Waals surface area (Å²) in [6.45, 7) is 13.2. The summed E-state index contributed by atoms with van der Waals surface area (Å²) < 4.78 is 0. The van der Waals surface area contributed by atoms with Gasteiger partial charge in [-0.2, -0.15) is 0 Å². The van der Waals surface area contributed by atoms with E-state index in [-0.39, 0.29) is 0 Å². The molecule has 0 aliphatic carbocycles. The van der Waals surface area contributed by atoms with Crippen molar-refractivity contribution in [2.24, 2.45) is 5.84 Å². The van der Waals surface area contributed by atoms with Crippen LogP contribution in [0.15, 0.2) is 54.6 Å². The highest BCUT2D eigenvalue weighted by Crippen LogP contribution is 2.28. The van der Waals surface area contributed by atoms with Crippen LogP contribution < -0.4 is 5.84 Å². The van der Waals surface area contributed by atoms with Crippen molar-refractivity contribution in [2.75, 3.05) is 6.54 Å². The third-order valence-corrected chi connectivity index (χ3v) is 3.95. The zero-order chi connectivity index (χ0) is 19.1. The van der Waals surface area contributed by atoms with E-state index in [0.29, 0.717) is 6.04 Å². The van der Waals surface area contributed by atoms with Gasteiger partial charge in [-0.15, -0.1) is 0 Å². The Morgan fingerprint density at radius 2 is 1.28 bits per heavy atom. The largest absolute Gasteiger partial charge is 0.268 e. The molecule has 0 radical (unpaired) electrons. The topological polar surface area (TPSA) is 29.3 Å². The van der Waals surface area contributed by atoms with Crippen molar-refractivity contribution >= 4 is 0 Å². The maximum absolute atomic E-state index is 5.98. The standard InChI is InChI=1S/C12H18N2.C7H8.2C2H6/c1-10-5-7-11(8-6-10)12-4-2-3-9-14(12)13;1-7-5-3-2-4-6-7;2*1-2/h5-8,12H,2-4,9,13H2,1H3;2-6H,1H3;2*1-2H3. The first-order valence-corrected chi connectivity index (χ1v) is 9.76. The summed E-state index contributed by atoms with van der Waals surface area (Å²) in [5, 5.41) is 1.98. The fourth-order valence-corrected chi connectivity index (χ4v) is 2.63. The van der Waals surface area contributed by atoms with E-state index >= 15 is 0 Å². The van der Waals surface area contributed by atoms with Crippen molar-refractivity contribution in [1.29, 1.82) is 0 Å². The van der Waals surface area contributed by atoms with Crippen LogP contribution in [0.5, 0.6) is 0 Å². The molecule has 0 saturated carbocycles. The molecule has 140 valence electrons. The fraction of sp³-hybridized carbons (Fsp3) is 0.478. The van der Waals surface area contributed by atoms with E-state index in [0.717, 1.165) is 6.54 Å². The van der Waals surface area contributed by atoms with Gasteiger partial charge in [-0.05, 0) is 32.3 Å². The number of rotatable bonds is 1. The molecule has 1 saturated heterocycles. The summed E-state index contributed by atoms with van der Waals surface area (Å²) in [6.07, 6.45) is 3.73. The number of aryl methyl sites for hydroxylation is 2. The second kappa shape index (κ2) is 14.7. The maximum Gasteiger partial charge on any atom is 0.0490 e. The third-order valence-electron chi connectivity index (χ3n) is 3.95. The van der Waals surface area contributed by atoms with Gasteiger partial charge in [0, 0.05) is 12.6 Å². The first kappa shape index (κ1) is 23.4. The zero-order valence-electron chi connectivity index (χ0n) is 17.1. The van der Waals surface area contributed by atoms with E-state index in [1.165, 1.54) is 36.0 Å². The van der Waals surface area contributed by atoms with Crippen molar-refractivity contribution in [3.05, 3.63) is 71.3 Å². The van der Waals surface area contributed by atoms with Crippen molar-refractivity contribution in [3.8, 4) is 0 Å². The van der Waals surface area contributed by atoms with E-state index in [4.69, 9.17) is 5.84 Å². The van der Waals surface area contributed by atoms with E-state index in [9.17, 15) is 0 Å². The molecule has 0 spiro atoms. The van der Waals surface area contributed by atoms with Gasteiger partial charge in [0.25, 0.3) is 0 Å². The summed E-state index contributed by atoms with van der Waals surface area (Å²) in [5.41, 5.74) is 3.99. The fourth-order valence-electron chi connectivity index (χ4n) is 2.63. The lowest BCUT2D eigenvalue weighted by molar-refractivity contribution is 0.151. The zero-order valence-corrected chi connectivity index (χ0v) is 17.1. The molecule has 0 aromatic heterocycles. The molecule has 1 heterocycles. The van der Waals surface area contributed by atoms with Gasteiger partial charge in [-0.25, -0.2) is 5.01 Å². The van der Waals surface area contributed by atoms with E-state index in [1.807, 2.05) is 50.9 Å². The molecule has 0 bridgehead atoms. The minimum atomic E-state index is 0.435. The first-order valence-electron chi connectivity index (χ1n) is 9.76. The second-order valence-corrected chi connectivity index (χ2v) is 5.81. The molecule has 2 aromatic carbocycles. The van der Waals surface area contributed by atoms with E-state index in [2.05, 4.69) is 50.2 Å². The third kappa shape index (κ3) is 9.42. The Hall–Kier alpha value is -1.64. The number of nitrogens with zero attached hydrogens (tertiary/aromatic N) is 1. The summed E-state index contributed by atoms with van der Waals surface area (Å²) >= 11 is 0. The summed E-state index contributed by atoms with van der Waals surface area (Å²) in [5.74, 6) is 5.98. The maximum atomic E-state index is 5.98. The number of hydrogen-bond donors (Lipinski definition) is 1. The number of nitrogens with two attached hydrogens (primary N) is 1. The van der Waals surface area contributed by atoms with Gasteiger partial charge in [0.15, 0.2) is 0 Å². The van der Waals surface area contributed by atoms with Crippen LogP contribution in [0, 0.1) is 13.8 Å². The Morgan fingerprint density at radius 3 is 1.72 bits per heavy atom. The number of benzene rings is 2. The van der Waals surface area contributed by atoms with Crippen molar-refractivity contribution in [2.45, 2.75) is 66.8 Å². The first-order chi connectivity index (χ1) is 12.2.